The Bertz CT molecular complexity index is 1250. The molecular formula is C27H32Cl2N4O2. The summed E-state index contributed by atoms with van der Waals surface area (Å²) >= 11 is 12.8. The van der Waals surface area contributed by atoms with E-state index in [9.17, 15) is 4.79 Å². The van der Waals surface area contributed by atoms with Gasteiger partial charge in [0.2, 0.25) is 0 Å². The molecule has 3 heterocycles. The highest BCUT2D eigenvalue weighted by Crippen LogP contribution is 2.33. The summed E-state index contributed by atoms with van der Waals surface area (Å²) in [6, 6.07) is 13.3. The fourth-order valence-corrected chi connectivity index (χ4v) is 6.53. The van der Waals surface area contributed by atoms with E-state index >= 15 is 0 Å². The third-order valence-electron chi connectivity index (χ3n) is 8.16. The maximum atomic E-state index is 13.8. The molecule has 1 aliphatic carbocycles. The van der Waals surface area contributed by atoms with Crippen LogP contribution in [0.3, 0.4) is 0 Å². The van der Waals surface area contributed by atoms with Gasteiger partial charge in [-0.1, -0.05) is 47.5 Å². The van der Waals surface area contributed by atoms with Crippen molar-refractivity contribution in [3.05, 3.63) is 68.1 Å². The molecule has 6 rings (SSSR count). The molecule has 0 unspecified atom stereocenters. The molecule has 2 aliphatic heterocycles. The number of nitrogens with zero attached hydrogens (tertiary/aromatic N) is 4. The first kappa shape index (κ1) is 23.6. The minimum absolute atomic E-state index is 0.0540. The van der Waals surface area contributed by atoms with Gasteiger partial charge in [-0.25, -0.2) is 4.79 Å². The molecular weight excluding hydrogens is 483 g/mol. The van der Waals surface area contributed by atoms with Crippen molar-refractivity contribution < 1.29 is 4.74 Å². The Morgan fingerprint density at radius 1 is 0.829 bits per heavy atom. The second-order valence-corrected chi connectivity index (χ2v) is 10.9. The molecule has 8 heteroatoms. The highest BCUT2D eigenvalue weighted by Gasteiger charge is 2.32. The number of ether oxygens (including phenoxy) is 1. The number of aromatic nitrogens is 2. The Labute approximate surface area is 216 Å². The zero-order valence-corrected chi connectivity index (χ0v) is 21.5. The summed E-state index contributed by atoms with van der Waals surface area (Å²) in [4.78, 5) is 18.7. The van der Waals surface area contributed by atoms with Crippen molar-refractivity contribution in [3.63, 3.8) is 0 Å². The molecule has 6 nitrogen and oxygen atoms in total. The largest absolute Gasteiger partial charge is 0.379 e. The lowest BCUT2D eigenvalue weighted by Crippen LogP contribution is -2.44. The summed E-state index contributed by atoms with van der Waals surface area (Å²) in [7, 11) is 0. The van der Waals surface area contributed by atoms with Gasteiger partial charge in [0.1, 0.15) is 0 Å². The summed E-state index contributed by atoms with van der Waals surface area (Å²) in [6.07, 6.45) is 4.20. The molecule has 0 bridgehead atoms. The van der Waals surface area contributed by atoms with Gasteiger partial charge in [0.25, 0.3) is 0 Å². The number of imidazole rings is 1. The van der Waals surface area contributed by atoms with Crippen molar-refractivity contribution in [3.8, 4) is 0 Å². The van der Waals surface area contributed by atoms with Crippen LogP contribution in [0.1, 0.15) is 30.0 Å². The van der Waals surface area contributed by atoms with E-state index in [1.54, 1.807) is 0 Å². The lowest BCUT2D eigenvalue weighted by atomic mass is 10.0. The average Bonchev–Trinajstić information content (AvgIpc) is 3.42. The molecule has 0 N–H and O–H groups in total. The minimum Gasteiger partial charge on any atom is -0.379 e. The minimum atomic E-state index is 0.0540. The van der Waals surface area contributed by atoms with Gasteiger partial charge in [-0.2, -0.15) is 0 Å². The van der Waals surface area contributed by atoms with Gasteiger partial charge in [0.05, 0.1) is 34.3 Å². The summed E-state index contributed by atoms with van der Waals surface area (Å²) < 4.78 is 9.36. The summed E-state index contributed by atoms with van der Waals surface area (Å²) in [6.45, 7) is 6.80. The van der Waals surface area contributed by atoms with Crippen LogP contribution < -0.4 is 5.69 Å². The summed E-state index contributed by atoms with van der Waals surface area (Å²) in [5, 5.41) is 0.992. The molecule has 3 aromatic rings. The smallest absolute Gasteiger partial charge is 0.329 e. The average molecular weight is 515 g/mol. The molecule has 2 saturated heterocycles. The van der Waals surface area contributed by atoms with Gasteiger partial charge in [-0.15, -0.1) is 0 Å². The predicted octanol–water partition coefficient (Wildman–Crippen LogP) is 4.25. The highest BCUT2D eigenvalue weighted by atomic mass is 35.5. The van der Waals surface area contributed by atoms with Crippen LogP contribution in [0, 0.1) is 0 Å². The Kier molecular flexibility index (Phi) is 6.67. The maximum Gasteiger partial charge on any atom is 0.329 e. The second kappa shape index (κ2) is 9.91. The SMILES string of the molecule is O=c1n(CCN2CCOCC2)c2cc(Cl)c(Cl)cc2n1C1CCN(C2Cc3ccccc3C2)CC1. The number of hydrogen-bond donors (Lipinski definition) is 0. The van der Waals surface area contributed by atoms with Crippen LogP contribution >= 0.6 is 23.2 Å². The number of hydrogen-bond acceptors (Lipinski definition) is 4. The van der Waals surface area contributed by atoms with E-state index in [0.29, 0.717) is 22.6 Å². The zero-order valence-electron chi connectivity index (χ0n) is 20.0. The van der Waals surface area contributed by atoms with Gasteiger partial charge in [-0.05, 0) is 48.9 Å². The van der Waals surface area contributed by atoms with E-state index < -0.39 is 0 Å². The molecule has 1 aromatic heterocycles. The molecule has 0 amide bonds. The first-order valence-electron chi connectivity index (χ1n) is 12.8. The number of halogens is 2. The molecule has 0 saturated carbocycles. The van der Waals surface area contributed by atoms with Crippen molar-refractivity contribution in [1.29, 1.82) is 0 Å². The Morgan fingerprint density at radius 2 is 1.46 bits per heavy atom. The van der Waals surface area contributed by atoms with E-state index in [1.807, 2.05) is 21.3 Å². The molecule has 3 aliphatic rings. The number of morpholine rings is 1. The fourth-order valence-electron chi connectivity index (χ4n) is 6.21. The topological polar surface area (TPSA) is 42.6 Å². The molecule has 2 fully saturated rings. The van der Waals surface area contributed by atoms with Gasteiger partial charge in [-0.3, -0.25) is 18.9 Å². The van der Waals surface area contributed by atoms with Crippen molar-refractivity contribution >= 4 is 34.2 Å². The maximum absolute atomic E-state index is 13.8. The van der Waals surface area contributed by atoms with Crippen LogP contribution in [0.25, 0.3) is 11.0 Å². The number of likely N-dealkylation sites (tertiary alicyclic amines) is 1. The van der Waals surface area contributed by atoms with E-state index in [2.05, 4.69) is 34.1 Å². The van der Waals surface area contributed by atoms with Crippen molar-refractivity contribution in [1.82, 2.24) is 18.9 Å². The number of rotatable bonds is 5. The lowest BCUT2D eigenvalue weighted by Gasteiger charge is -2.36. The molecule has 35 heavy (non-hydrogen) atoms. The third-order valence-corrected chi connectivity index (χ3v) is 8.88. The Hall–Kier alpha value is -1.83. The standard InChI is InChI=1S/C27H32Cl2N4O2/c28-23-17-25-26(18-24(23)29)33(27(34)32(25)10-9-30-11-13-35-14-12-30)21-5-7-31(8-6-21)22-15-19-3-1-2-4-20(19)16-22/h1-4,17-18,21-22H,5-16H2. The Morgan fingerprint density at radius 3 is 2.11 bits per heavy atom. The Balaban J connectivity index is 1.22. The van der Waals surface area contributed by atoms with Crippen molar-refractivity contribution in [2.75, 3.05) is 45.9 Å². The molecule has 0 radical (unpaired) electrons. The third kappa shape index (κ3) is 4.56. The monoisotopic (exact) mass is 514 g/mol. The van der Waals surface area contributed by atoms with Crippen LogP contribution in [0.2, 0.25) is 10.0 Å². The molecule has 0 spiro atoms. The highest BCUT2D eigenvalue weighted by molar-refractivity contribution is 6.42. The zero-order chi connectivity index (χ0) is 23.9. The molecule has 0 atom stereocenters. The number of fused-ring (bicyclic) bond motifs is 2. The van der Waals surface area contributed by atoms with Crippen LogP contribution in [0.15, 0.2) is 41.2 Å². The van der Waals surface area contributed by atoms with Crippen LogP contribution in [-0.4, -0.2) is 70.9 Å². The fraction of sp³-hybridized carbons (Fsp3) is 0.519. The van der Waals surface area contributed by atoms with E-state index in [0.717, 1.165) is 82.7 Å². The lowest BCUT2D eigenvalue weighted by molar-refractivity contribution is 0.0364. The van der Waals surface area contributed by atoms with Gasteiger partial charge in [0, 0.05) is 51.4 Å². The van der Waals surface area contributed by atoms with E-state index in [-0.39, 0.29) is 11.7 Å². The summed E-state index contributed by atoms with van der Waals surface area (Å²) in [5.41, 5.74) is 4.82. The molecule has 186 valence electrons. The first-order valence-corrected chi connectivity index (χ1v) is 13.5. The van der Waals surface area contributed by atoms with Crippen molar-refractivity contribution in [2.24, 2.45) is 0 Å². The predicted molar refractivity (Wildman–Crippen MR) is 141 cm³/mol. The van der Waals surface area contributed by atoms with E-state index in [1.165, 1.54) is 11.1 Å². The van der Waals surface area contributed by atoms with Crippen molar-refractivity contribution in [2.45, 2.75) is 44.3 Å². The number of piperidine rings is 1. The number of benzene rings is 2. The van der Waals surface area contributed by atoms with Crippen LogP contribution in [0.5, 0.6) is 0 Å². The quantitative estimate of drug-likeness (QED) is 0.510. The van der Waals surface area contributed by atoms with Gasteiger partial charge < -0.3 is 4.74 Å². The summed E-state index contributed by atoms with van der Waals surface area (Å²) in [5.74, 6) is 0. The van der Waals surface area contributed by atoms with Gasteiger partial charge in [0.15, 0.2) is 0 Å². The van der Waals surface area contributed by atoms with Crippen LogP contribution in [-0.2, 0) is 24.1 Å². The molecule has 2 aromatic carbocycles. The second-order valence-electron chi connectivity index (χ2n) is 10.1. The normalized spacial score (nSPS) is 20.6. The first-order chi connectivity index (χ1) is 17.1. The van der Waals surface area contributed by atoms with E-state index in [4.69, 9.17) is 27.9 Å². The van der Waals surface area contributed by atoms with Gasteiger partial charge >= 0.3 is 5.69 Å². The van der Waals surface area contributed by atoms with Crippen LogP contribution in [0.4, 0.5) is 0 Å².